The summed E-state index contributed by atoms with van der Waals surface area (Å²) >= 11 is 0. The van der Waals surface area contributed by atoms with E-state index in [1.165, 1.54) is 6.08 Å². The third kappa shape index (κ3) is 2.31. The highest BCUT2D eigenvalue weighted by atomic mass is 19.1. The molecule has 0 spiro atoms. The number of hydrogen-bond acceptors (Lipinski definition) is 2. The van der Waals surface area contributed by atoms with Crippen LogP contribution in [0.25, 0.3) is 0 Å². The van der Waals surface area contributed by atoms with Crippen LogP contribution in [-0.4, -0.2) is 18.0 Å². The molecule has 0 aliphatic heterocycles. The first-order chi connectivity index (χ1) is 3.35. The summed E-state index contributed by atoms with van der Waals surface area (Å²) in [6.07, 6.45) is 0.319. The van der Waals surface area contributed by atoms with E-state index in [-0.39, 0.29) is 0 Å². The molecule has 0 saturated carbocycles. The molecule has 0 saturated heterocycles. The fourth-order valence-electron chi connectivity index (χ4n) is 0.134. The van der Waals surface area contributed by atoms with E-state index in [0.29, 0.717) is 0 Å². The normalized spacial score (nSPS) is 13.4. The molecule has 1 atom stereocenters. The molecule has 0 aliphatic rings. The van der Waals surface area contributed by atoms with E-state index in [2.05, 4.69) is 11.5 Å². The Balaban J connectivity index is 3.16. The first kappa shape index (κ1) is 6.59. The van der Waals surface area contributed by atoms with Crippen molar-refractivity contribution in [1.82, 2.24) is 0 Å². The van der Waals surface area contributed by atoms with Gasteiger partial charge in [0.15, 0.2) is 0 Å². The zero-order valence-corrected chi connectivity index (χ0v) is 3.80. The summed E-state index contributed by atoms with van der Waals surface area (Å²) in [5, 5.41) is 7.71. The second-order valence-corrected chi connectivity index (χ2v) is 1.03. The first-order valence-electron chi connectivity index (χ1n) is 1.84. The zero-order chi connectivity index (χ0) is 5.70. The van der Waals surface area contributed by atoms with Crippen LogP contribution in [0.15, 0.2) is 12.7 Å². The van der Waals surface area contributed by atoms with Crippen LogP contribution in [0.4, 0.5) is 4.39 Å². The van der Waals surface area contributed by atoms with Crippen molar-refractivity contribution in [2.45, 2.75) is 6.10 Å². The third-order valence-corrected chi connectivity index (χ3v) is 0.550. The predicted molar refractivity (Wildman–Crippen MR) is 23.7 cm³/mol. The van der Waals surface area contributed by atoms with Gasteiger partial charge in [0, 0.05) is 0 Å². The summed E-state index contributed by atoms with van der Waals surface area (Å²) in [6, 6.07) is 0. The lowest BCUT2D eigenvalue weighted by Crippen LogP contribution is -2.07. The maximum Gasteiger partial charge on any atom is 0.139 e. The molecular weight excluding hydrogens is 99.0 g/mol. The monoisotopic (exact) mass is 106 g/mol. The van der Waals surface area contributed by atoms with E-state index in [1.807, 2.05) is 0 Å². The fraction of sp³-hybridized carbons (Fsp3) is 0.500. The van der Waals surface area contributed by atoms with Gasteiger partial charge in [0.05, 0.1) is 0 Å². The van der Waals surface area contributed by atoms with Crippen LogP contribution in [0.3, 0.4) is 0 Å². The molecular formula is C4H7FO2. The van der Waals surface area contributed by atoms with Crippen LogP contribution in [0, 0.1) is 0 Å². The van der Waals surface area contributed by atoms with Crippen molar-refractivity contribution in [3.63, 3.8) is 0 Å². The van der Waals surface area contributed by atoms with Crippen molar-refractivity contribution < 1.29 is 14.5 Å². The van der Waals surface area contributed by atoms with Gasteiger partial charge >= 0.3 is 0 Å². The molecule has 0 amide bonds. The van der Waals surface area contributed by atoms with Crippen molar-refractivity contribution >= 4 is 0 Å². The van der Waals surface area contributed by atoms with Crippen LogP contribution in [-0.2, 0) is 4.89 Å². The van der Waals surface area contributed by atoms with Gasteiger partial charge in [0.25, 0.3) is 0 Å². The van der Waals surface area contributed by atoms with Gasteiger partial charge in [-0.05, 0) is 0 Å². The van der Waals surface area contributed by atoms with Crippen molar-refractivity contribution in [2.24, 2.45) is 0 Å². The van der Waals surface area contributed by atoms with Crippen molar-refractivity contribution in [2.75, 3.05) is 6.67 Å². The minimum atomic E-state index is -0.861. The average Bonchev–Trinajstić information content (AvgIpc) is 1.72. The number of halogens is 1. The molecule has 42 valence electrons. The molecule has 1 N–H and O–H groups in total. The van der Waals surface area contributed by atoms with Crippen molar-refractivity contribution in [3.8, 4) is 0 Å². The summed E-state index contributed by atoms with van der Waals surface area (Å²) in [5.74, 6) is 0. The highest BCUT2D eigenvalue weighted by molar-refractivity contribution is 4.77. The predicted octanol–water partition coefficient (Wildman–Crippen LogP) is 1.00. The molecule has 2 nitrogen and oxygen atoms in total. The van der Waals surface area contributed by atoms with E-state index in [0.717, 1.165) is 0 Å². The van der Waals surface area contributed by atoms with Gasteiger partial charge in [-0.3, -0.25) is 5.26 Å². The maximum absolute atomic E-state index is 11.3. The Morgan fingerprint density at radius 1 is 2.00 bits per heavy atom. The van der Waals surface area contributed by atoms with E-state index in [4.69, 9.17) is 5.26 Å². The molecule has 0 aromatic carbocycles. The summed E-state index contributed by atoms with van der Waals surface area (Å²) in [4.78, 5) is 3.56. The molecule has 0 aromatic rings. The van der Waals surface area contributed by atoms with E-state index in [1.54, 1.807) is 0 Å². The first-order valence-corrected chi connectivity index (χ1v) is 1.84. The van der Waals surface area contributed by atoms with Crippen LogP contribution in [0.1, 0.15) is 0 Å². The molecule has 0 aliphatic carbocycles. The molecule has 1 unspecified atom stereocenters. The molecule has 0 fully saturated rings. The summed E-state index contributed by atoms with van der Waals surface area (Å²) in [7, 11) is 0. The quantitative estimate of drug-likeness (QED) is 0.330. The van der Waals surface area contributed by atoms with E-state index >= 15 is 0 Å². The Morgan fingerprint density at radius 2 is 2.57 bits per heavy atom. The summed E-state index contributed by atoms with van der Waals surface area (Å²) < 4.78 is 11.3. The molecule has 3 heteroatoms. The van der Waals surface area contributed by atoms with Gasteiger partial charge in [-0.1, -0.05) is 6.08 Å². The highest BCUT2D eigenvalue weighted by Gasteiger charge is 1.98. The Kier molecular flexibility index (Phi) is 3.55. The van der Waals surface area contributed by atoms with Crippen molar-refractivity contribution in [1.29, 1.82) is 0 Å². The zero-order valence-electron chi connectivity index (χ0n) is 3.80. The Labute approximate surface area is 41.1 Å². The minimum absolute atomic E-state index is 0.736. The molecule has 0 heterocycles. The van der Waals surface area contributed by atoms with Gasteiger partial charge in [0.2, 0.25) is 0 Å². The number of hydrogen-bond donors (Lipinski definition) is 1. The molecule has 7 heavy (non-hydrogen) atoms. The number of alkyl halides is 1. The van der Waals surface area contributed by atoms with Gasteiger partial charge in [-0.15, -0.1) is 6.58 Å². The van der Waals surface area contributed by atoms with Gasteiger partial charge in [-0.2, -0.15) is 0 Å². The molecule has 0 aromatic heterocycles. The Bertz CT molecular complexity index is 51.7. The van der Waals surface area contributed by atoms with E-state index in [9.17, 15) is 4.39 Å². The van der Waals surface area contributed by atoms with Crippen molar-refractivity contribution in [3.05, 3.63) is 12.7 Å². The smallest absolute Gasteiger partial charge is 0.139 e. The van der Waals surface area contributed by atoms with Gasteiger partial charge in [0.1, 0.15) is 12.8 Å². The summed E-state index contributed by atoms with van der Waals surface area (Å²) in [6.45, 7) is 2.44. The topological polar surface area (TPSA) is 29.5 Å². The van der Waals surface area contributed by atoms with Crippen LogP contribution in [0.5, 0.6) is 0 Å². The maximum atomic E-state index is 11.3. The number of rotatable bonds is 3. The highest BCUT2D eigenvalue weighted by Crippen LogP contribution is 1.88. The van der Waals surface area contributed by atoms with Crippen LogP contribution in [0.2, 0.25) is 0 Å². The lowest BCUT2D eigenvalue weighted by molar-refractivity contribution is -0.267. The average molecular weight is 106 g/mol. The molecule has 0 radical (unpaired) electrons. The third-order valence-electron chi connectivity index (χ3n) is 0.550. The lowest BCUT2D eigenvalue weighted by atomic mass is 10.4. The molecule has 0 rings (SSSR count). The second-order valence-electron chi connectivity index (χ2n) is 1.03. The Hall–Kier alpha value is -0.410. The Morgan fingerprint density at radius 3 is 2.57 bits per heavy atom. The van der Waals surface area contributed by atoms with Gasteiger partial charge in [-0.25, -0.2) is 9.28 Å². The van der Waals surface area contributed by atoms with Crippen LogP contribution < -0.4 is 0 Å². The SMILES string of the molecule is C=CC(CF)OO. The lowest BCUT2D eigenvalue weighted by Gasteiger charge is -1.98. The largest absolute Gasteiger partial charge is 0.251 e. The second kappa shape index (κ2) is 3.77. The van der Waals surface area contributed by atoms with Crippen LogP contribution >= 0.6 is 0 Å². The molecule has 0 bridgehead atoms. The minimum Gasteiger partial charge on any atom is -0.251 e. The standard InChI is InChI=1S/C4H7FO2/c1-2-4(3-5)7-6/h2,4,6H,1,3H2. The summed E-state index contributed by atoms with van der Waals surface area (Å²) in [5.41, 5.74) is 0. The fourth-order valence-corrected chi connectivity index (χ4v) is 0.134. The van der Waals surface area contributed by atoms with Gasteiger partial charge < -0.3 is 0 Å². The van der Waals surface area contributed by atoms with E-state index < -0.39 is 12.8 Å².